The van der Waals surface area contributed by atoms with Gasteiger partial charge in [-0.2, -0.15) is 0 Å². The minimum atomic E-state index is -0.152. The van der Waals surface area contributed by atoms with Crippen LogP contribution in [-0.2, 0) is 25.8 Å². The van der Waals surface area contributed by atoms with Crippen molar-refractivity contribution in [3.63, 3.8) is 0 Å². The van der Waals surface area contributed by atoms with Gasteiger partial charge < -0.3 is 9.30 Å². The topological polar surface area (TPSA) is 44.1 Å². The minimum absolute atomic E-state index is 0.152. The smallest absolute Gasteiger partial charge is 0.163 e. The van der Waals surface area contributed by atoms with Crippen LogP contribution in [0.1, 0.15) is 58.0 Å². The first-order chi connectivity index (χ1) is 16.8. The number of aryl methyl sites for hydroxylation is 1. The normalized spacial score (nSPS) is 13.9. The molecule has 0 saturated heterocycles. The van der Waals surface area contributed by atoms with Crippen LogP contribution in [0.2, 0.25) is 0 Å². The third kappa shape index (κ3) is 5.12. The molecule has 0 saturated carbocycles. The van der Waals surface area contributed by atoms with Crippen molar-refractivity contribution >= 4 is 5.78 Å². The van der Waals surface area contributed by atoms with Gasteiger partial charge in [-0.25, -0.2) is 4.98 Å². The fraction of sp³-hybridized carbons (Fsp3) is 0.267. The fourth-order valence-corrected chi connectivity index (χ4v) is 4.90. The summed E-state index contributed by atoms with van der Waals surface area (Å²) in [7, 11) is 0. The minimum Gasteiger partial charge on any atom is -0.484 e. The van der Waals surface area contributed by atoms with Crippen LogP contribution in [0.15, 0.2) is 91.5 Å². The standard InChI is InChI=1S/C30H30N2O2/c33-28-16-8-14-25-26(28)17-18-29(27(25)15-7-11-23-9-3-1-4-10-23)34-30(21-32-20-19-31-22-32)24-12-5-2-6-13-24/h1-6,9-10,12-13,17-20,22,30H,7-8,11,14-16,21H2. The lowest BCUT2D eigenvalue weighted by molar-refractivity contribution is 0.0972. The largest absolute Gasteiger partial charge is 0.484 e. The van der Waals surface area contributed by atoms with Crippen LogP contribution in [0.25, 0.3) is 0 Å². The molecule has 34 heavy (non-hydrogen) atoms. The number of hydrogen-bond donors (Lipinski definition) is 0. The summed E-state index contributed by atoms with van der Waals surface area (Å²) in [6, 6.07) is 24.9. The predicted octanol–water partition coefficient (Wildman–Crippen LogP) is 6.40. The molecule has 1 aliphatic rings. The monoisotopic (exact) mass is 450 g/mol. The van der Waals surface area contributed by atoms with E-state index in [1.54, 1.807) is 6.20 Å². The van der Waals surface area contributed by atoms with Gasteiger partial charge in [0.1, 0.15) is 11.9 Å². The number of ketones is 1. The molecule has 0 aliphatic heterocycles. The van der Waals surface area contributed by atoms with E-state index in [1.165, 1.54) is 16.7 Å². The van der Waals surface area contributed by atoms with E-state index in [-0.39, 0.29) is 11.9 Å². The Bertz CT molecular complexity index is 1220. The van der Waals surface area contributed by atoms with Crippen LogP contribution in [-0.4, -0.2) is 15.3 Å². The van der Waals surface area contributed by atoms with Gasteiger partial charge in [0.15, 0.2) is 5.78 Å². The van der Waals surface area contributed by atoms with E-state index in [0.29, 0.717) is 13.0 Å². The van der Waals surface area contributed by atoms with E-state index in [4.69, 9.17) is 4.74 Å². The number of carbonyl (C=O) groups excluding carboxylic acids is 1. The summed E-state index contributed by atoms with van der Waals surface area (Å²) in [5.41, 5.74) is 5.75. The molecule has 4 aromatic rings. The average molecular weight is 451 g/mol. The highest BCUT2D eigenvalue weighted by Crippen LogP contribution is 2.35. The number of nitrogens with zero attached hydrogens (tertiary/aromatic N) is 2. The number of Topliss-reactive ketones (excluding diaryl/α,β-unsaturated/α-hetero) is 1. The number of hydrogen-bond acceptors (Lipinski definition) is 3. The molecule has 4 nitrogen and oxygen atoms in total. The van der Waals surface area contributed by atoms with Crippen LogP contribution in [0.3, 0.4) is 0 Å². The highest BCUT2D eigenvalue weighted by Gasteiger charge is 2.24. The van der Waals surface area contributed by atoms with Gasteiger partial charge in [0.05, 0.1) is 12.9 Å². The molecule has 1 aromatic heterocycles. The Morgan fingerprint density at radius 2 is 1.71 bits per heavy atom. The zero-order valence-corrected chi connectivity index (χ0v) is 19.4. The zero-order valence-electron chi connectivity index (χ0n) is 19.4. The van der Waals surface area contributed by atoms with Crippen LogP contribution in [0.4, 0.5) is 0 Å². The number of benzene rings is 3. The molecule has 1 heterocycles. The van der Waals surface area contributed by atoms with Gasteiger partial charge in [-0.1, -0.05) is 60.7 Å². The lowest BCUT2D eigenvalue weighted by atomic mass is 9.85. The summed E-state index contributed by atoms with van der Waals surface area (Å²) in [4.78, 5) is 16.8. The average Bonchev–Trinajstić information content (AvgIpc) is 3.39. The molecular formula is C30H30N2O2. The van der Waals surface area contributed by atoms with Crippen molar-refractivity contribution in [3.05, 3.63) is 119 Å². The second-order valence-electron chi connectivity index (χ2n) is 8.96. The highest BCUT2D eigenvalue weighted by atomic mass is 16.5. The van der Waals surface area contributed by atoms with Crippen LogP contribution >= 0.6 is 0 Å². The fourth-order valence-electron chi connectivity index (χ4n) is 4.90. The molecule has 0 amide bonds. The zero-order chi connectivity index (χ0) is 23.2. The first-order valence-electron chi connectivity index (χ1n) is 12.2. The maximum absolute atomic E-state index is 12.6. The Kier molecular flexibility index (Phi) is 6.85. The van der Waals surface area contributed by atoms with Gasteiger partial charge in [0.25, 0.3) is 0 Å². The Hall–Kier alpha value is -3.66. The number of rotatable bonds is 9. The predicted molar refractivity (Wildman–Crippen MR) is 134 cm³/mol. The molecule has 0 N–H and O–H groups in total. The van der Waals surface area contributed by atoms with Gasteiger partial charge in [0, 0.05) is 24.4 Å². The Morgan fingerprint density at radius 3 is 2.47 bits per heavy atom. The van der Waals surface area contributed by atoms with Crippen molar-refractivity contribution in [2.24, 2.45) is 0 Å². The van der Waals surface area contributed by atoms with Crippen LogP contribution in [0, 0.1) is 0 Å². The summed E-state index contributed by atoms with van der Waals surface area (Å²) < 4.78 is 8.80. The number of aromatic nitrogens is 2. The molecular weight excluding hydrogens is 420 g/mol. The van der Waals surface area contributed by atoms with E-state index in [1.807, 2.05) is 42.9 Å². The Balaban J connectivity index is 1.45. The molecule has 1 aliphatic carbocycles. The van der Waals surface area contributed by atoms with Gasteiger partial charge >= 0.3 is 0 Å². The van der Waals surface area contributed by atoms with Crippen molar-refractivity contribution in [2.45, 2.75) is 51.2 Å². The maximum atomic E-state index is 12.6. The van der Waals surface area contributed by atoms with Crippen molar-refractivity contribution < 1.29 is 9.53 Å². The van der Waals surface area contributed by atoms with E-state index < -0.39 is 0 Å². The number of fused-ring (bicyclic) bond motifs is 1. The second kappa shape index (κ2) is 10.5. The molecule has 3 aromatic carbocycles. The van der Waals surface area contributed by atoms with Crippen LogP contribution in [0.5, 0.6) is 5.75 Å². The number of ether oxygens (including phenoxy) is 1. The van der Waals surface area contributed by atoms with Gasteiger partial charge in [-0.3, -0.25) is 4.79 Å². The van der Waals surface area contributed by atoms with E-state index in [0.717, 1.165) is 49.0 Å². The summed E-state index contributed by atoms with van der Waals surface area (Å²) in [6.45, 7) is 0.670. The van der Waals surface area contributed by atoms with Gasteiger partial charge in [0.2, 0.25) is 0 Å². The molecule has 5 rings (SSSR count). The summed E-state index contributed by atoms with van der Waals surface area (Å²) in [5.74, 6) is 1.16. The molecule has 0 spiro atoms. The SMILES string of the molecule is O=C1CCCc2c1ccc(OC(Cn1ccnc1)c1ccccc1)c2CCCc1ccccc1. The maximum Gasteiger partial charge on any atom is 0.163 e. The van der Waals surface area contributed by atoms with Crippen LogP contribution < -0.4 is 4.74 Å². The van der Waals surface area contributed by atoms with Crippen molar-refractivity contribution in [3.8, 4) is 5.75 Å². The third-order valence-electron chi connectivity index (χ3n) is 6.63. The Labute approximate surface area is 201 Å². The third-order valence-corrected chi connectivity index (χ3v) is 6.63. The molecule has 4 heteroatoms. The molecule has 172 valence electrons. The first-order valence-corrected chi connectivity index (χ1v) is 12.2. The molecule has 1 unspecified atom stereocenters. The Morgan fingerprint density at radius 1 is 0.912 bits per heavy atom. The lowest BCUT2D eigenvalue weighted by Crippen LogP contribution is -2.18. The second-order valence-corrected chi connectivity index (χ2v) is 8.96. The highest BCUT2D eigenvalue weighted by molar-refractivity contribution is 5.99. The lowest BCUT2D eigenvalue weighted by Gasteiger charge is -2.26. The van der Waals surface area contributed by atoms with Crippen molar-refractivity contribution in [1.82, 2.24) is 9.55 Å². The molecule has 0 radical (unpaired) electrons. The van der Waals surface area contributed by atoms with E-state index >= 15 is 0 Å². The first kappa shape index (κ1) is 22.1. The summed E-state index contributed by atoms with van der Waals surface area (Å²) in [6.07, 6.45) is 10.8. The summed E-state index contributed by atoms with van der Waals surface area (Å²) >= 11 is 0. The van der Waals surface area contributed by atoms with Crippen molar-refractivity contribution in [1.29, 1.82) is 0 Å². The number of carbonyl (C=O) groups is 1. The van der Waals surface area contributed by atoms with E-state index in [2.05, 4.69) is 52.0 Å². The molecule has 0 fully saturated rings. The number of imidazole rings is 1. The summed E-state index contributed by atoms with van der Waals surface area (Å²) in [5, 5.41) is 0. The van der Waals surface area contributed by atoms with Gasteiger partial charge in [-0.15, -0.1) is 0 Å². The molecule has 0 bridgehead atoms. The van der Waals surface area contributed by atoms with Crippen molar-refractivity contribution in [2.75, 3.05) is 0 Å². The van der Waals surface area contributed by atoms with Gasteiger partial charge in [-0.05, 0) is 66.5 Å². The van der Waals surface area contributed by atoms with E-state index in [9.17, 15) is 4.79 Å². The quantitative estimate of drug-likeness (QED) is 0.296. The molecule has 1 atom stereocenters.